The summed E-state index contributed by atoms with van der Waals surface area (Å²) < 4.78 is 5.01. The molecule has 0 spiro atoms. The van der Waals surface area contributed by atoms with Crippen molar-refractivity contribution in [3.63, 3.8) is 0 Å². The van der Waals surface area contributed by atoms with Crippen LogP contribution in [0.1, 0.15) is 26.3 Å². The molecule has 0 atom stereocenters. The summed E-state index contributed by atoms with van der Waals surface area (Å²) in [7, 11) is 1.55. The number of nitrogens with one attached hydrogen (secondary N) is 2. The number of carbonyl (C=O) groups excluding carboxylic acids is 1. The topological polar surface area (TPSA) is 76.1 Å². The van der Waals surface area contributed by atoms with Crippen molar-refractivity contribution in [3.05, 3.63) is 66.2 Å². The van der Waals surface area contributed by atoms with E-state index in [2.05, 4.69) is 41.6 Å². The molecule has 0 bridgehead atoms. The molecule has 0 aliphatic heterocycles. The van der Waals surface area contributed by atoms with Crippen LogP contribution in [0.2, 0.25) is 0 Å². The van der Waals surface area contributed by atoms with Gasteiger partial charge in [0.05, 0.1) is 12.8 Å². The molecule has 2 aromatic carbocycles. The van der Waals surface area contributed by atoms with Crippen molar-refractivity contribution in [2.45, 2.75) is 26.2 Å². The number of benzene rings is 2. The Morgan fingerprint density at radius 2 is 1.39 bits per heavy atom. The number of hydrogen-bond donors (Lipinski definition) is 2. The van der Waals surface area contributed by atoms with Crippen LogP contribution in [0.25, 0.3) is 11.3 Å². The summed E-state index contributed by atoms with van der Waals surface area (Å²) in [6.45, 7) is 6.47. The molecular formula is C22H24N4O2. The summed E-state index contributed by atoms with van der Waals surface area (Å²) >= 11 is 0. The normalized spacial score (nSPS) is 11.0. The van der Waals surface area contributed by atoms with E-state index in [0.717, 1.165) is 16.9 Å². The highest BCUT2D eigenvalue weighted by Gasteiger charge is 2.13. The number of carbonyl (C=O) groups is 1. The molecule has 2 N–H and O–H groups in total. The predicted octanol–water partition coefficient (Wildman–Crippen LogP) is 5.09. The first kappa shape index (κ1) is 19.4. The minimum atomic E-state index is -0.291. The van der Waals surface area contributed by atoms with Crippen molar-refractivity contribution in [1.29, 1.82) is 0 Å². The van der Waals surface area contributed by atoms with Crippen molar-refractivity contribution in [2.24, 2.45) is 0 Å². The van der Waals surface area contributed by atoms with E-state index < -0.39 is 0 Å². The molecule has 28 heavy (non-hydrogen) atoms. The summed E-state index contributed by atoms with van der Waals surface area (Å²) in [5, 5.41) is 13.7. The molecule has 1 aromatic heterocycles. The van der Waals surface area contributed by atoms with Gasteiger partial charge in [-0.05, 0) is 41.3 Å². The lowest BCUT2D eigenvalue weighted by atomic mass is 9.87. The Hall–Kier alpha value is -3.41. The average molecular weight is 376 g/mol. The lowest BCUT2D eigenvalue weighted by Crippen LogP contribution is -2.19. The predicted molar refractivity (Wildman–Crippen MR) is 112 cm³/mol. The van der Waals surface area contributed by atoms with Gasteiger partial charge >= 0.3 is 6.03 Å². The second-order valence-electron chi connectivity index (χ2n) is 7.44. The van der Waals surface area contributed by atoms with Gasteiger partial charge in [0.25, 0.3) is 0 Å². The van der Waals surface area contributed by atoms with Gasteiger partial charge in [-0.15, -0.1) is 10.2 Å². The molecule has 3 rings (SSSR count). The molecule has 0 saturated carbocycles. The molecule has 6 heteroatoms. The summed E-state index contributed by atoms with van der Waals surface area (Å²) in [6, 6.07) is 18.6. The van der Waals surface area contributed by atoms with Crippen LogP contribution >= 0.6 is 0 Å². The Balaban J connectivity index is 1.61. The van der Waals surface area contributed by atoms with Crippen LogP contribution in [0.15, 0.2) is 60.7 Å². The van der Waals surface area contributed by atoms with E-state index in [4.69, 9.17) is 4.74 Å². The van der Waals surface area contributed by atoms with Crippen LogP contribution < -0.4 is 15.4 Å². The summed E-state index contributed by atoms with van der Waals surface area (Å²) in [6.07, 6.45) is 0. The number of rotatable bonds is 4. The fourth-order valence-electron chi connectivity index (χ4n) is 2.65. The van der Waals surface area contributed by atoms with Gasteiger partial charge in [-0.2, -0.15) is 0 Å². The Kier molecular flexibility index (Phi) is 5.59. The average Bonchev–Trinajstić information content (AvgIpc) is 2.68. The minimum absolute atomic E-state index is 0.0802. The Labute approximate surface area is 165 Å². The maximum absolute atomic E-state index is 12.2. The Morgan fingerprint density at radius 3 is 1.86 bits per heavy atom. The Bertz CT molecular complexity index is 928. The SMILES string of the molecule is COc1ccc(-c2ccc(NC(=O)Nc3ccc(C(C)(C)C)cc3)cc2)nn1. The van der Waals surface area contributed by atoms with E-state index in [1.807, 2.05) is 54.6 Å². The molecule has 0 radical (unpaired) electrons. The Morgan fingerprint density at radius 1 is 0.821 bits per heavy atom. The maximum atomic E-state index is 12.2. The fraction of sp³-hybridized carbons (Fsp3) is 0.227. The minimum Gasteiger partial charge on any atom is -0.480 e. The third-order valence-corrected chi connectivity index (χ3v) is 4.30. The zero-order chi connectivity index (χ0) is 20.1. The van der Waals surface area contributed by atoms with Gasteiger partial charge in [-0.1, -0.05) is 45.0 Å². The van der Waals surface area contributed by atoms with Crippen LogP contribution in [0, 0.1) is 0 Å². The summed E-state index contributed by atoms with van der Waals surface area (Å²) in [4.78, 5) is 12.2. The lowest BCUT2D eigenvalue weighted by Gasteiger charge is -2.19. The number of ether oxygens (including phenoxy) is 1. The van der Waals surface area contributed by atoms with Crippen molar-refractivity contribution in [2.75, 3.05) is 17.7 Å². The van der Waals surface area contributed by atoms with Gasteiger partial charge in [0, 0.05) is 23.0 Å². The van der Waals surface area contributed by atoms with E-state index in [1.165, 1.54) is 5.56 Å². The summed E-state index contributed by atoms with van der Waals surface area (Å²) in [5.74, 6) is 0.467. The maximum Gasteiger partial charge on any atom is 0.323 e. The zero-order valence-corrected chi connectivity index (χ0v) is 16.5. The number of aromatic nitrogens is 2. The van der Waals surface area contributed by atoms with Crippen LogP contribution in [0.5, 0.6) is 5.88 Å². The van der Waals surface area contributed by atoms with Gasteiger partial charge in [0.1, 0.15) is 0 Å². The summed E-state index contributed by atoms with van der Waals surface area (Å²) in [5.41, 5.74) is 4.37. The quantitative estimate of drug-likeness (QED) is 0.665. The zero-order valence-electron chi connectivity index (χ0n) is 16.5. The largest absolute Gasteiger partial charge is 0.480 e. The lowest BCUT2D eigenvalue weighted by molar-refractivity contribution is 0.262. The number of methoxy groups -OCH3 is 1. The number of nitrogens with zero attached hydrogens (tertiary/aromatic N) is 2. The molecule has 0 fully saturated rings. The van der Waals surface area contributed by atoms with Crippen LogP contribution in [0.3, 0.4) is 0 Å². The smallest absolute Gasteiger partial charge is 0.323 e. The van der Waals surface area contributed by atoms with Crippen LogP contribution in [-0.4, -0.2) is 23.3 Å². The van der Waals surface area contributed by atoms with Crippen LogP contribution in [0.4, 0.5) is 16.2 Å². The highest BCUT2D eigenvalue weighted by Crippen LogP contribution is 2.24. The molecule has 144 valence electrons. The molecule has 3 aromatic rings. The third kappa shape index (κ3) is 4.85. The van der Waals surface area contributed by atoms with E-state index in [0.29, 0.717) is 11.6 Å². The van der Waals surface area contributed by atoms with Gasteiger partial charge < -0.3 is 15.4 Å². The molecule has 0 aliphatic carbocycles. The molecule has 6 nitrogen and oxygen atoms in total. The van der Waals surface area contributed by atoms with E-state index in [-0.39, 0.29) is 11.4 Å². The molecule has 0 unspecified atom stereocenters. The third-order valence-electron chi connectivity index (χ3n) is 4.30. The highest BCUT2D eigenvalue weighted by atomic mass is 16.5. The van der Waals surface area contributed by atoms with Crippen LogP contribution in [-0.2, 0) is 5.41 Å². The second-order valence-corrected chi connectivity index (χ2v) is 7.44. The van der Waals surface area contributed by atoms with E-state index in [9.17, 15) is 4.79 Å². The number of hydrogen-bond acceptors (Lipinski definition) is 4. The van der Waals surface area contributed by atoms with E-state index in [1.54, 1.807) is 13.2 Å². The fourth-order valence-corrected chi connectivity index (χ4v) is 2.65. The number of urea groups is 1. The van der Waals surface area contributed by atoms with Gasteiger partial charge in [-0.25, -0.2) is 4.79 Å². The molecule has 0 aliphatic rings. The second kappa shape index (κ2) is 8.08. The highest BCUT2D eigenvalue weighted by molar-refractivity contribution is 5.99. The van der Waals surface area contributed by atoms with Crippen molar-refractivity contribution in [3.8, 4) is 17.1 Å². The van der Waals surface area contributed by atoms with E-state index >= 15 is 0 Å². The molecule has 1 heterocycles. The molecular weight excluding hydrogens is 352 g/mol. The first-order valence-electron chi connectivity index (χ1n) is 9.02. The standard InChI is InChI=1S/C22H24N4O2/c1-22(2,3)16-7-11-18(12-8-16)24-21(27)23-17-9-5-15(6-10-17)19-13-14-20(28-4)26-25-19/h5-14H,1-4H3,(H2,23,24,27). The molecule has 2 amide bonds. The molecule has 0 saturated heterocycles. The van der Waals surface area contributed by atoms with Crippen molar-refractivity contribution < 1.29 is 9.53 Å². The van der Waals surface area contributed by atoms with Crippen molar-refractivity contribution in [1.82, 2.24) is 10.2 Å². The monoisotopic (exact) mass is 376 g/mol. The number of anilines is 2. The first-order chi connectivity index (χ1) is 13.3. The van der Waals surface area contributed by atoms with Gasteiger partial charge in [0.2, 0.25) is 5.88 Å². The van der Waals surface area contributed by atoms with Crippen molar-refractivity contribution >= 4 is 17.4 Å². The first-order valence-corrected chi connectivity index (χ1v) is 9.02. The van der Waals surface area contributed by atoms with Gasteiger partial charge in [0.15, 0.2) is 0 Å². The van der Waals surface area contributed by atoms with Gasteiger partial charge in [-0.3, -0.25) is 0 Å². The number of amides is 2.